The molecule has 0 aromatic heterocycles. The molecule has 0 rings (SSSR count). The Morgan fingerprint density at radius 3 is 2.47 bits per heavy atom. The molecule has 0 aliphatic carbocycles. The molecule has 0 radical (unpaired) electrons. The monoisotopic (exact) mass is 242 g/mol. The Hall–Kier alpha value is -1.52. The van der Waals surface area contributed by atoms with Crippen molar-refractivity contribution >= 4 is 12.0 Å². The van der Waals surface area contributed by atoms with Crippen molar-refractivity contribution in [2.45, 2.75) is 33.2 Å². The molecule has 5 heteroatoms. The first-order valence-corrected chi connectivity index (χ1v) is 5.83. The van der Waals surface area contributed by atoms with Gasteiger partial charge in [-0.25, -0.2) is 4.79 Å². The van der Waals surface area contributed by atoms with Gasteiger partial charge in [0.1, 0.15) is 0 Å². The zero-order chi connectivity index (χ0) is 13.4. The number of nitrogens with zero attached hydrogens (tertiary/aromatic N) is 1. The Morgan fingerprint density at radius 1 is 1.47 bits per heavy atom. The maximum atomic E-state index is 11.8. The summed E-state index contributed by atoms with van der Waals surface area (Å²) in [6.45, 7) is 9.93. The van der Waals surface area contributed by atoms with E-state index in [0.717, 1.165) is 6.42 Å². The number of amides is 2. The van der Waals surface area contributed by atoms with Gasteiger partial charge in [0, 0.05) is 19.1 Å². The van der Waals surface area contributed by atoms with E-state index in [1.54, 1.807) is 24.8 Å². The van der Waals surface area contributed by atoms with E-state index in [1.165, 1.54) is 0 Å². The second-order valence-electron chi connectivity index (χ2n) is 4.10. The third-order valence-electron chi connectivity index (χ3n) is 2.62. The van der Waals surface area contributed by atoms with Crippen LogP contribution in [0.2, 0.25) is 0 Å². The molecule has 0 saturated heterocycles. The van der Waals surface area contributed by atoms with Gasteiger partial charge in [-0.2, -0.15) is 0 Å². The number of carboxylic acid groups (broad SMARTS) is 1. The van der Waals surface area contributed by atoms with Crippen molar-refractivity contribution in [2.75, 3.05) is 13.1 Å². The number of carboxylic acids is 1. The number of hydrogen-bond acceptors (Lipinski definition) is 2. The van der Waals surface area contributed by atoms with E-state index < -0.39 is 17.9 Å². The topological polar surface area (TPSA) is 69.6 Å². The van der Waals surface area contributed by atoms with E-state index >= 15 is 0 Å². The van der Waals surface area contributed by atoms with Crippen molar-refractivity contribution in [3.63, 3.8) is 0 Å². The summed E-state index contributed by atoms with van der Waals surface area (Å²) in [5.74, 6) is -1.52. The molecule has 17 heavy (non-hydrogen) atoms. The lowest BCUT2D eigenvalue weighted by atomic mass is 10.0. The molecule has 2 unspecified atom stereocenters. The first-order chi connectivity index (χ1) is 7.93. The first-order valence-electron chi connectivity index (χ1n) is 5.83. The molecule has 0 aliphatic heterocycles. The fraction of sp³-hybridized carbons (Fsp3) is 0.667. The van der Waals surface area contributed by atoms with Crippen LogP contribution in [0.5, 0.6) is 0 Å². The normalized spacial score (nSPS) is 13.6. The molecule has 0 aromatic rings. The van der Waals surface area contributed by atoms with Gasteiger partial charge in [0.2, 0.25) is 0 Å². The Bertz CT molecular complexity index is 279. The summed E-state index contributed by atoms with van der Waals surface area (Å²) >= 11 is 0. The highest BCUT2D eigenvalue weighted by atomic mass is 16.4. The molecule has 0 saturated carbocycles. The van der Waals surface area contributed by atoms with E-state index in [0.29, 0.717) is 13.1 Å². The molecule has 0 fully saturated rings. The summed E-state index contributed by atoms with van der Waals surface area (Å²) in [6.07, 6.45) is 2.50. The van der Waals surface area contributed by atoms with Crippen molar-refractivity contribution in [3.8, 4) is 0 Å². The Balaban J connectivity index is 4.38. The minimum absolute atomic E-state index is 0.243. The van der Waals surface area contributed by atoms with Crippen molar-refractivity contribution in [1.82, 2.24) is 10.2 Å². The highest BCUT2D eigenvalue weighted by Crippen LogP contribution is 2.03. The highest BCUT2D eigenvalue weighted by molar-refractivity contribution is 5.76. The second-order valence-corrected chi connectivity index (χ2v) is 4.10. The SMILES string of the molecule is C=CCN(CCC)C(=O)NC(C)C(C)C(=O)O. The van der Waals surface area contributed by atoms with Crippen molar-refractivity contribution < 1.29 is 14.7 Å². The van der Waals surface area contributed by atoms with E-state index in [4.69, 9.17) is 5.11 Å². The Labute approximate surface area is 102 Å². The second kappa shape index (κ2) is 7.70. The number of aliphatic carboxylic acids is 1. The fourth-order valence-corrected chi connectivity index (χ4v) is 1.33. The minimum atomic E-state index is -0.913. The van der Waals surface area contributed by atoms with Crippen LogP contribution in [0.25, 0.3) is 0 Å². The summed E-state index contributed by atoms with van der Waals surface area (Å²) in [7, 11) is 0. The van der Waals surface area contributed by atoms with Gasteiger partial charge in [0.25, 0.3) is 0 Å². The molecule has 0 spiro atoms. The lowest BCUT2D eigenvalue weighted by Gasteiger charge is -2.25. The fourth-order valence-electron chi connectivity index (χ4n) is 1.33. The van der Waals surface area contributed by atoms with E-state index in [2.05, 4.69) is 11.9 Å². The van der Waals surface area contributed by atoms with Gasteiger partial charge in [-0.1, -0.05) is 13.0 Å². The van der Waals surface area contributed by atoms with Crippen LogP contribution in [-0.4, -0.2) is 41.1 Å². The molecule has 2 amide bonds. The third kappa shape index (κ3) is 5.38. The quantitative estimate of drug-likeness (QED) is 0.668. The summed E-state index contributed by atoms with van der Waals surface area (Å²) in [4.78, 5) is 24.2. The van der Waals surface area contributed by atoms with E-state index in [-0.39, 0.29) is 6.03 Å². The van der Waals surface area contributed by atoms with Gasteiger partial charge < -0.3 is 15.3 Å². The summed E-state index contributed by atoms with van der Waals surface area (Å²) in [5.41, 5.74) is 0. The molecule has 2 atom stereocenters. The average Bonchev–Trinajstić information content (AvgIpc) is 2.27. The molecule has 0 aromatic carbocycles. The number of nitrogens with one attached hydrogen (secondary N) is 1. The largest absolute Gasteiger partial charge is 0.481 e. The number of hydrogen-bond donors (Lipinski definition) is 2. The zero-order valence-electron chi connectivity index (χ0n) is 10.8. The van der Waals surface area contributed by atoms with Crippen LogP contribution in [0, 0.1) is 5.92 Å². The molecular formula is C12H22N2O3. The number of carbonyl (C=O) groups excluding carboxylic acids is 1. The van der Waals surface area contributed by atoms with Crippen LogP contribution >= 0.6 is 0 Å². The smallest absolute Gasteiger partial charge is 0.317 e. The molecule has 2 N–H and O–H groups in total. The number of urea groups is 1. The number of rotatable bonds is 7. The molecule has 0 bridgehead atoms. The predicted octanol–water partition coefficient (Wildman–Crippen LogP) is 1.70. The van der Waals surface area contributed by atoms with Gasteiger partial charge in [0.05, 0.1) is 5.92 Å². The zero-order valence-corrected chi connectivity index (χ0v) is 10.8. The van der Waals surface area contributed by atoms with Crippen LogP contribution in [0.4, 0.5) is 4.79 Å². The summed E-state index contributed by atoms with van der Waals surface area (Å²) in [6, 6.07) is -0.642. The van der Waals surface area contributed by atoms with Crippen molar-refractivity contribution in [3.05, 3.63) is 12.7 Å². The lowest BCUT2D eigenvalue weighted by Crippen LogP contribution is -2.47. The van der Waals surface area contributed by atoms with Gasteiger partial charge in [-0.05, 0) is 20.3 Å². The summed E-state index contributed by atoms with van der Waals surface area (Å²) < 4.78 is 0. The molecule has 98 valence electrons. The molecule has 0 aliphatic rings. The maximum absolute atomic E-state index is 11.8. The lowest BCUT2D eigenvalue weighted by molar-refractivity contribution is -0.141. The van der Waals surface area contributed by atoms with Gasteiger partial charge in [-0.3, -0.25) is 4.79 Å². The van der Waals surface area contributed by atoms with Crippen LogP contribution in [-0.2, 0) is 4.79 Å². The van der Waals surface area contributed by atoms with Crippen LogP contribution in [0.3, 0.4) is 0 Å². The van der Waals surface area contributed by atoms with Crippen LogP contribution < -0.4 is 5.32 Å². The average molecular weight is 242 g/mol. The van der Waals surface area contributed by atoms with Gasteiger partial charge in [-0.15, -0.1) is 6.58 Å². The van der Waals surface area contributed by atoms with Crippen molar-refractivity contribution in [1.29, 1.82) is 0 Å². The Morgan fingerprint density at radius 2 is 2.06 bits per heavy atom. The maximum Gasteiger partial charge on any atom is 0.317 e. The van der Waals surface area contributed by atoms with Crippen LogP contribution in [0.15, 0.2) is 12.7 Å². The van der Waals surface area contributed by atoms with Crippen molar-refractivity contribution in [2.24, 2.45) is 5.92 Å². The van der Waals surface area contributed by atoms with E-state index in [1.807, 2.05) is 6.92 Å². The van der Waals surface area contributed by atoms with E-state index in [9.17, 15) is 9.59 Å². The molecule has 5 nitrogen and oxygen atoms in total. The first kappa shape index (κ1) is 15.5. The standard InChI is InChI=1S/C12H22N2O3/c1-5-7-14(8-6-2)12(17)13-10(4)9(3)11(15)16/h5,9-10H,1,6-8H2,2-4H3,(H,13,17)(H,15,16). The van der Waals surface area contributed by atoms with Gasteiger partial charge in [0.15, 0.2) is 0 Å². The highest BCUT2D eigenvalue weighted by Gasteiger charge is 2.22. The van der Waals surface area contributed by atoms with Gasteiger partial charge >= 0.3 is 12.0 Å². The predicted molar refractivity (Wildman–Crippen MR) is 66.9 cm³/mol. The number of carbonyl (C=O) groups is 2. The third-order valence-corrected chi connectivity index (χ3v) is 2.62. The molecule has 0 heterocycles. The summed E-state index contributed by atoms with van der Waals surface area (Å²) in [5, 5.41) is 11.5. The van der Waals surface area contributed by atoms with Crippen LogP contribution in [0.1, 0.15) is 27.2 Å². The molecular weight excluding hydrogens is 220 g/mol. The Kier molecular flexibility index (Phi) is 7.02. The minimum Gasteiger partial charge on any atom is -0.481 e.